The third kappa shape index (κ3) is 3.83. The van der Waals surface area contributed by atoms with E-state index in [1.165, 1.54) is 6.20 Å². The van der Waals surface area contributed by atoms with Crippen LogP contribution in [0.3, 0.4) is 0 Å². The first-order valence-electron chi connectivity index (χ1n) is 8.98. The van der Waals surface area contributed by atoms with Gasteiger partial charge >= 0.3 is 0 Å². The number of carbonyl (C=O) groups is 1. The Balaban J connectivity index is 1.57. The number of carbonyl (C=O) groups excluding carboxylic acids is 1. The van der Waals surface area contributed by atoms with Gasteiger partial charge in [-0.05, 0) is 36.6 Å². The van der Waals surface area contributed by atoms with E-state index in [0.29, 0.717) is 18.7 Å². The lowest BCUT2D eigenvalue weighted by Crippen LogP contribution is -2.31. The van der Waals surface area contributed by atoms with Gasteiger partial charge in [0.1, 0.15) is 5.69 Å². The van der Waals surface area contributed by atoms with Crippen molar-refractivity contribution in [3.63, 3.8) is 0 Å². The summed E-state index contributed by atoms with van der Waals surface area (Å²) in [6.45, 7) is 0.705. The predicted molar refractivity (Wildman–Crippen MR) is 104 cm³/mol. The van der Waals surface area contributed by atoms with Crippen LogP contribution in [0.15, 0.2) is 61.1 Å². The predicted octanol–water partition coefficient (Wildman–Crippen LogP) is 4.09. The average Bonchev–Trinajstić information content (AvgIpc) is 3.20. The van der Waals surface area contributed by atoms with Crippen molar-refractivity contribution in [1.29, 1.82) is 0 Å². The molecular weight excluding hydrogens is 360 g/mol. The summed E-state index contributed by atoms with van der Waals surface area (Å²) in [6, 6.07) is 13.7. The molecule has 136 valence electrons. The molecular formula is C21H19ClN4O. The molecule has 1 amide bonds. The van der Waals surface area contributed by atoms with Crippen molar-refractivity contribution in [3.05, 3.63) is 88.7 Å². The third-order valence-corrected chi connectivity index (χ3v) is 5.16. The first-order valence-corrected chi connectivity index (χ1v) is 9.36. The molecule has 27 heavy (non-hydrogen) atoms. The number of halogens is 1. The fraction of sp³-hybridized carbons (Fsp3) is 0.238. The molecule has 0 spiro atoms. The van der Waals surface area contributed by atoms with Gasteiger partial charge in [0.2, 0.25) is 0 Å². The van der Waals surface area contributed by atoms with E-state index >= 15 is 0 Å². The molecule has 6 heteroatoms. The zero-order valence-electron chi connectivity index (χ0n) is 14.8. The first kappa shape index (κ1) is 17.6. The summed E-state index contributed by atoms with van der Waals surface area (Å²) in [5.74, 6) is -0.0936. The van der Waals surface area contributed by atoms with Gasteiger partial charge < -0.3 is 4.90 Å². The third-order valence-electron chi connectivity index (χ3n) is 4.80. The Morgan fingerprint density at radius 3 is 2.85 bits per heavy atom. The summed E-state index contributed by atoms with van der Waals surface area (Å²) in [7, 11) is 0. The second kappa shape index (κ2) is 7.84. The van der Waals surface area contributed by atoms with E-state index in [1.807, 2.05) is 47.4 Å². The zero-order valence-corrected chi connectivity index (χ0v) is 15.5. The molecule has 0 bridgehead atoms. The van der Waals surface area contributed by atoms with Crippen LogP contribution in [0.2, 0.25) is 5.02 Å². The summed E-state index contributed by atoms with van der Waals surface area (Å²) in [5.41, 5.74) is 3.27. The lowest BCUT2D eigenvalue weighted by atomic mass is 10.1. The molecule has 5 nitrogen and oxygen atoms in total. The van der Waals surface area contributed by atoms with Crippen LogP contribution >= 0.6 is 11.6 Å². The van der Waals surface area contributed by atoms with Crippen molar-refractivity contribution in [2.24, 2.45) is 0 Å². The second-order valence-corrected chi connectivity index (χ2v) is 6.98. The Kier molecular flexibility index (Phi) is 5.12. The van der Waals surface area contributed by atoms with Gasteiger partial charge in [0.15, 0.2) is 0 Å². The van der Waals surface area contributed by atoms with E-state index in [0.717, 1.165) is 34.8 Å². The fourth-order valence-corrected chi connectivity index (χ4v) is 3.70. The Bertz CT molecular complexity index is 948. The van der Waals surface area contributed by atoms with Crippen LogP contribution in [-0.4, -0.2) is 32.3 Å². The van der Waals surface area contributed by atoms with Crippen molar-refractivity contribution < 1.29 is 4.79 Å². The Hall–Kier alpha value is -2.79. The summed E-state index contributed by atoms with van der Waals surface area (Å²) >= 11 is 6.28. The number of pyridine rings is 1. The van der Waals surface area contributed by atoms with Crippen molar-refractivity contribution in [2.45, 2.75) is 25.3 Å². The van der Waals surface area contributed by atoms with E-state index in [2.05, 4.69) is 9.97 Å². The van der Waals surface area contributed by atoms with Gasteiger partial charge in [-0.15, -0.1) is 0 Å². The van der Waals surface area contributed by atoms with Gasteiger partial charge in [0, 0.05) is 36.1 Å². The van der Waals surface area contributed by atoms with Gasteiger partial charge in [-0.1, -0.05) is 35.9 Å². The minimum absolute atomic E-state index is 0.0364. The molecule has 1 fully saturated rings. The van der Waals surface area contributed by atoms with Crippen LogP contribution in [0.5, 0.6) is 0 Å². The lowest BCUT2D eigenvalue weighted by molar-refractivity contribution is 0.0726. The number of amides is 1. The van der Waals surface area contributed by atoms with Crippen molar-refractivity contribution in [2.75, 3.05) is 6.54 Å². The number of rotatable bonds is 4. The van der Waals surface area contributed by atoms with E-state index < -0.39 is 0 Å². The molecule has 3 heterocycles. The number of hydrogen-bond donors (Lipinski definition) is 0. The van der Waals surface area contributed by atoms with Crippen LogP contribution < -0.4 is 0 Å². The normalized spacial score (nSPS) is 16.5. The molecule has 0 aliphatic carbocycles. The highest BCUT2D eigenvalue weighted by Gasteiger charge is 2.32. The molecule has 4 rings (SSSR count). The van der Waals surface area contributed by atoms with E-state index in [1.54, 1.807) is 12.4 Å². The Labute approximate surface area is 163 Å². The lowest BCUT2D eigenvalue weighted by Gasteiger charge is -2.24. The van der Waals surface area contributed by atoms with Crippen LogP contribution in [0.1, 0.15) is 46.3 Å². The molecule has 1 aromatic carbocycles. The molecule has 3 aromatic rings. The number of benzene rings is 1. The Morgan fingerprint density at radius 1 is 1.15 bits per heavy atom. The highest BCUT2D eigenvalue weighted by atomic mass is 35.5. The summed E-state index contributed by atoms with van der Waals surface area (Å²) in [6.07, 6.45) is 7.14. The number of likely N-dealkylation sites (tertiary alicyclic amines) is 1. The van der Waals surface area contributed by atoms with Crippen molar-refractivity contribution in [3.8, 4) is 0 Å². The van der Waals surface area contributed by atoms with Gasteiger partial charge in [0.05, 0.1) is 17.9 Å². The standard InChI is InChI=1S/C21H19ClN4O/c22-17-7-2-1-5-15(17)13-16-6-3-8-18(25-16)20-9-4-12-26(20)21(27)19-14-23-10-11-24-19/h1-3,5-8,10-11,14,20H,4,9,12-13H2/t20-/m1/s1. The molecule has 1 aliphatic rings. The number of hydrogen-bond acceptors (Lipinski definition) is 4. The second-order valence-electron chi connectivity index (χ2n) is 6.57. The summed E-state index contributed by atoms with van der Waals surface area (Å²) in [5, 5.41) is 0.741. The van der Waals surface area contributed by atoms with Crippen molar-refractivity contribution in [1.82, 2.24) is 19.9 Å². The largest absolute Gasteiger partial charge is 0.329 e. The maximum atomic E-state index is 12.8. The maximum absolute atomic E-state index is 12.8. The topological polar surface area (TPSA) is 59.0 Å². The van der Waals surface area contributed by atoms with E-state index in [-0.39, 0.29) is 11.9 Å². The molecule has 1 aliphatic heterocycles. The van der Waals surface area contributed by atoms with Gasteiger partial charge in [-0.3, -0.25) is 14.8 Å². The summed E-state index contributed by atoms with van der Waals surface area (Å²) in [4.78, 5) is 27.7. The van der Waals surface area contributed by atoms with E-state index in [4.69, 9.17) is 16.6 Å². The highest BCUT2D eigenvalue weighted by molar-refractivity contribution is 6.31. The summed E-state index contributed by atoms with van der Waals surface area (Å²) < 4.78 is 0. The van der Waals surface area contributed by atoms with Gasteiger partial charge in [-0.2, -0.15) is 0 Å². The molecule has 1 saturated heterocycles. The number of aromatic nitrogens is 3. The van der Waals surface area contributed by atoms with E-state index in [9.17, 15) is 4.79 Å². The smallest absolute Gasteiger partial charge is 0.274 e. The SMILES string of the molecule is O=C(c1cnccn1)N1CCC[C@@H]1c1cccc(Cc2ccccc2Cl)n1. The zero-order chi connectivity index (χ0) is 18.6. The molecule has 0 radical (unpaired) electrons. The molecule has 0 N–H and O–H groups in total. The first-order chi connectivity index (χ1) is 13.2. The highest BCUT2D eigenvalue weighted by Crippen LogP contribution is 2.32. The van der Waals surface area contributed by atoms with Crippen LogP contribution in [0.25, 0.3) is 0 Å². The van der Waals surface area contributed by atoms with Gasteiger partial charge in [-0.25, -0.2) is 4.98 Å². The molecule has 2 aromatic heterocycles. The molecule has 0 unspecified atom stereocenters. The molecule has 1 atom stereocenters. The Morgan fingerprint density at radius 2 is 2.04 bits per heavy atom. The van der Waals surface area contributed by atoms with Crippen LogP contribution in [0, 0.1) is 0 Å². The fourth-order valence-electron chi connectivity index (χ4n) is 3.49. The van der Waals surface area contributed by atoms with Crippen LogP contribution in [-0.2, 0) is 6.42 Å². The average molecular weight is 379 g/mol. The van der Waals surface area contributed by atoms with Crippen molar-refractivity contribution >= 4 is 17.5 Å². The minimum Gasteiger partial charge on any atom is -0.329 e. The van der Waals surface area contributed by atoms with Gasteiger partial charge in [0.25, 0.3) is 5.91 Å². The van der Waals surface area contributed by atoms with Crippen LogP contribution in [0.4, 0.5) is 0 Å². The monoisotopic (exact) mass is 378 g/mol. The maximum Gasteiger partial charge on any atom is 0.274 e. The quantitative estimate of drug-likeness (QED) is 0.686. The molecule has 0 saturated carbocycles. The minimum atomic E-state index is -0.0936. The number of nitrogens with zero attached hydrogens (tertiary/aromatic N) is 4.